The lowest BCUT2D eigenvalue weighted by Gasteiger charge is -2.18. The van der Waals surface area contributed by atoms with Crippen molar-refractivity contribution < 1.29 is 19.3 Å². The van der Waals surface area contributed by atoms with Gasteiger partial charge in [0.1, 0.15) is 25.6 Å². The quantitative estimate of drug-likeness (QED) is 0.359. The minimum absolute atomic E-state index is 0.0539. The van der Waals surface area contributed by atoms with Crippen LogP contribution < -0.4 is 14.2 Å². The highest BCUT2D eigenvalue weighted by atomic mass is 16.5. The van der Waals surface area contributed by atoms with Crippen LogP contribution in [-0.4, -0.2) is 5.11 Å². The van der Waals surface area contributed by atoms with Gasteiger partial charge in [-0.3, -0.25) is 0 Å². The molecule has 0 aliphatic heterocycles. The van der Waals surface area contributed by atoms with Crippen molar-refractivity contribution in [1.82, 2.24) is 0 Å². The van der Waals surface area contributed by atoms with Crippen molar-refractivity contribution in [1.29, 1.82) is 0 Å². The fraction of sp³-hybridized carbons (Fsp3) is 0.111. The van der Waals surface area contributed by atoms with Crippen molar-refractivity contribution in [2.45, 2.75) is 19.8 Å². The van der Waals surface area contributed by atoms with Gasteiger partial charge in [0.2, 0.25) is 5.75 Å². The lowest BCUT2D eigenvalue weighted by atomic mass is 10.2. The molecule has 0 radical (unpaired) electrons. The van der Waals surface area contributed by atoms with E-state index in [-0.39, 0.29) is 5.75 Å². The zero-order valence-electron chi connectivity index (χ0n) is 17.1. The second-order valence-corrected chi connectivity index (χ2v) is 7.09. The molecule has 156 valence electrons. The average Bonchev–Trinajstić information content (AvgIpc) is 2.82. The number of aromatic hydroxyl groups is 1. The molecule has 4 nitrogen and oxygen atoms in total. The predicted molar refractivity (Wildman–Crippen MR) is 120 cm³/mol. The van der Waals surface area contributed by atoms with Crippen LogP contribution in [0.2, 0.25) is 0 Å². The number of hydrogen-bond donors (Lipinski definition) is 1. The van der Waals surface area contributed by atoms with Crippen molar-refractivity contribution in [2.75, 3.05) is 0 Å². The van der Waals surface area contributed by atoms with Crippen LogP contribution in [0.3, 0.4) is 0 Å². The lowest BCUT2D eigenvalue weighted by molar-refractivity contribution is 0.228. The number of phenols is 1. The monoisotopic (exact) mass is 412 g/mol. The Balaban J connectivity index is 1.58. The molecule has 1 N–H and O–H groups in total. The maximum absolute atomic E-state index is 10.3. The first kappa shape index (κ1) is 20.4. The van der Waals surface area contributed by atoms with E-state index in [1.807, 2.05) is 91.0 Å². The molecule has 0 unspecified atom stereocenters. The second-order valence-electron chi connectivity index (χ2n) is 7.09. The number of hydrogen-bond acceptors (Lipinski definition) is 4. The molecular weight excluding hydrogens is 388 g/mol. The molecule has 0 saturated heterocycles. The standard InChI is InChI=1S/C27H24O4/c28-24-16-25(29-18-21-10-4-1-5-11-21)27(31-20-23-14-8-3-9-15-23)26(17-24)30-19-22-12-6-2-7-13-22/h1-17,28H,18-20H2. The minimum Gasteiger partial charge on any atom is -0.508 e. The Morgan fingerprint density at radius 3 is 1.23 bits per heavy atom. The van der Waals surface area contributed by atoms with Crippen LogP contribution in [0.15, 0.2) is 103 Å². The summed E-state index contributed by atoms with van der Waals surface area (Å²) >= 11 is 0. The molecule has 4 aromatic carbocycles. The third kappa shape index (κ3) is 5.80. The Morgan fingerprint density at radius 1 is 0.484 bits per heavy atom. The molecule has 0 saturated carbocycles. The summed E-state index contributed by atoms with van der Waals surface area (Å²) in [5.74, 6) is 1.39. The first-order valence-electron chi connectivity index (χ1n) is 10.1. The summed E-state index contributed by atoms with van der Waals surface area (Å²) in [6, 6.07) is 32.7. The molecule has 0 amide bonds. The third-order valence-corrected chi connectivity index (χ3v) is 4.71. The van der Waals surface area contributed by atoms with E-state index in [9.17, 15) is 5.11 Å². The minimum atomic E-state index is 0.0539. The van der Waals surface area contributed by atoms with Crippen molar-refractivity contribution >= 4 is 0 Å². The Hall–Kier alpha value is -3.92. The number of rotatable bonds is 9. The molecular formula is C27H24O4. The molecule has 4 heteroatoms. The Bertz CT molecular complexity index is 1020. The highest BCUT2D eigenvalue weighted by Crippen LogP contribution is 2.42. The highest BCUT2D eigenvalue weighted by molar-refractivity contribution is 5.55. The van der Waals surface area contributed by atoms with Gasteiger partial charge in [0.15, 0.2) is 11.5 Å². The van der Waals surface area contributed by atoms with E-state index in [0.717, 1.165) is 16.7 Å². The maximum atomic E-state index is 10.3. The summed E-state index contributed by atoms with van der Waals surface area (Å²) in [7, 11) is 0. The van der Waals surface area contributed by atoms with Crippen LogP contribution in [0.5, 0.6) is 23.0 Å². The number of ether oxygens (including phenoxy) is 3. The largest absolute Gasteiger partial charge is 0.508 e. The highest BCUT2D eigenvalue weighted by Gasteiger charge is 2.16. The molecule has 0 fully saturated rings. The van der Waals surface area contributed by atoms with Gasteiger partial charge in [-0.05, 0) is 16.7 Å². The van der Waals surface area contributed by atoms with Gasteiger partial charge in [0.25, 0.3) is 0 Å². The van der Waals surface area contributed by atoms with Crippen LogP contribution in [0, 0.1) is 0 Å². The summed E-state index contributed by atoms with van der Waals surface area (Å²) in [6.07, 6.45) is 0. The van der Waals surface area contributed by atoms with Gasteiger partial charge >= 0.3 is 0 Å². The first-order valence-corrected chi connectivity index (χ1v) is 10.1. The molecule has 0 heterocycles. The van der Waals surface area contributed by atoms with E-state index in [1.165, 1.54) is 0 Å². The van der Waals surface area contributed by atoms with E-state index in [0.29, 0.717) is 37.1 Å². The smallest absolute Gasteiger partial charge is 0.204 e. The van der Waals surface area contributed by atoms with E-state index < -0.39 is 0 Å². The van der Waals surface area contributed by atoms with E-state index >= 15 is 0 Å². The summed E-state index contributed by atoms with van der Waals surface area (Å²) in [5.41, 5.74) is 3.07. The van der Waals surface area contributed by atoms with Crippen LogP contribution in [0.1, 0.15) is 16.7 Å². The van der Waals surface area contributed by atoms with Gasteiger partial charge in [-0.15, -0.1) is 0 Å². The molecule has 0 spiro atoms. The van der Waals surface area contributed by atoms with Gasteiger partial charge in [-0.1, -0.05) is 91.0 Å². The van der Waals surface area contributed by atoms with Crippen molar-refractivity contribution in [3.8, 4) is 23.0 Å². The third-order valence-electron chi connectivity index (χ3n) is 4.71. The Labute approximate surface area is 182 Å². The van der Waals surface area contributed by atoms with Gasteiger partial charge in [-0.25, -0.2) is 0 Å². The second kappa shape index (κ2) is 10.2. The fourth-order valence-corrected chi connectivity index (χ4v) is 3.12. The lowest BCUT2D eigenvalue weighted by Crippen LogP contribution is -2.04. The van der Waals surface area contributed by atoms with Gasteiger partial charge < -0.3 is 19.3 Å². The zero-order chi connectivity index (χ0) is 21.3. The molecule has 4 rings (SSSR count). The topological polar surface area (TPSA) is 47.9 Å². The molecule has 4 aromatic rings. The predicted octanol–water partition coefficient (Wildman–Crippen LogP) is 6.13. The number of benzene rings is 4. The number of phenolic OH excluding ortho intramolecular Hbond substituents is 1. The maximum Gasteiger partial charge on any atom is 0.204 e. The van der Waals surface area contributed by atoms with E-state index in [4.69, 9.17) is 14.2 Å². The summed E-state index contributed by atoms with van der Waals surface area (Å²) < 4.78 is 18.2. The molecule has 0 aliphatic rings. The zero-order valence-corrected chi connectivity index (χ0v) is 17.1. The summed E-state index contributed by atoms with van der Waals surface area (Å²) in [6.45, 7) is 1.06. The van der Waals surface area contributed by atoms with Crippen molar-refractivity contribution in [3.05, 3.63) is 120 Å². The average molecular weight is 412 g/mol. The van der Waals surface area contributed by atoms with Gasteiger partial charge in [0, 0.05) is 12.1 Å². The van der Waals surface area contributed by atoms with Gasteiger partial charge in [0.05, 0.1) is 0 Å². The van der Waals surface area contributed by atoms with Crippen molar-refractivity contribution in [3.63, 3.8) is 0 Å². The molecule has 0 bridgehead atoms. The fourth-order valence-electron chi connectivity index (χ4n) is 3.12. The van der Waals surface area contributed by atoms with Gasteiger partial charge in [-0.2, -0.15) is 0 Å². The summed E-state index contributed by atoms with van der Waals surface area (Å²) in [5, 5.41) is 10.3. The van der Waals surface area contributed by atoms with Crippen molar-refractivity contribution in [2.24, 2.45) is 0 Å². The first-order chi connectivity index (χ1) is 15.3. The normalized spacial score (nSPS) is 10.5. The van der Waals surface area contributed by atoms with Crippen LogP contribution in [0.25, 0.3) is 0 Å². The molecule has 0 aliphatic carbocycles. The summed E-state index contributed by atoms with van der Waals surface area (Å²) in [4.78, 5) is 0. The van der Waals surface area contributed by atoms with E-state index in [2.05, 4.69) is 0 Å². The van der Waals surface area contributed by atoms with Crippen LogP contribution in [0.4, 0.5) is 0 Å². The van der Waals surface area contributed by atoms with Crippen LogP contribution >= 0.6 is 0 Å². The molecule has 0 aromatic heterocycles. The Kier molecular flexibility index (Phi) is 6.71. The Morgan fingerprint density at radius 2 is 0.839 bits per heavy atom. The SMILES string of the molecule is Oc1cc(OCc2ccccc2)c(OCc2ccccc2)c(OCc2ccccc2)c1. The molecule has 0 atom stereocenters. The molecule has 31 heavy (non-hydrogen) atoms. The van der Waals surface area contributed by atoms with E-state index in [1.54, 1.807) is 12.1 Å². The van der Waals surface area contributed by atoms with Crippen LogP contribution in [-0.2, 0) is 19.8 Å².